The van der Waals surface area contributed by atoms with Crippen molar-refractivity contribution in [1.29, 1.82) is 0 Å². The van der Waals surface area contributed by atoms with E-state index in [1.165, 1.54) is 11.8 Å². The van der Waals surface area contributed by atoms with Crippen LogP contribution in [0.3, 0.4) is 0 Å². The van der Waals surface area contributed by atoms with Crippen molar-refractivity contribution in [2.45, 2.75) is 70.9 Å². The molecular formula is C22H32ClN3O4S. The Bertz CT molecular complexity index is 944. The van der Waals surface area contributed by atoms with Crippen LogP contribution < -0.4 is 10.2 Å². The van der Waals surface area contributed by atoms with Gasteiger partial charge < -0.3 is 5.32 Å². The Morgan fingerprint density at radius 3 is 2.45 bits per heavy atom. The van der Waals surface area contributed by atoms with Gasteiger partial charge in [0.1, 0.15) is 5.54 Å². The van der Waals surface area contributed by atoms with Crippen LogP contribution in [0, 0.1) is 6.92 Å². The number of halogens is 1. The molecule has 7 nitrogen and oxygen atoms in total. The molecule has 9 heteroatoms. The van der Waals surface area contributed by atoms with Crippen LogP contribution in [0.2, 0.25) is 5.02 Å². The minimum Gasteiger partial charge on any atom is -0.351 e. The molecule has 1 aliphatic heterocycles. The van der Waals surface area contributed by atoms with Gasteiger partial charge in [-0.15, -0.1) is 0 Å². The van der Waals surface area contributed by atoms with Crippen LogP contribution in [0.25, 0.3) is 0 Å². The second kappa shape index (κ2) is 9.46. The Balaban J connectivity index is 1.99. The summed E-state index contributed by atoms with van der Waals surface area (Å²) < 4.78 is 26.3. The molecular weight excluding hydrogens is 438 g/mol. The van der Waals surface area contributed by atoms with Crippen LogP contribution >= 0.6 is 11.6 Å². The summed E-state index contributed by atoms with van der Waals surface area (Å²) in [6.07, 6.45) is 6.19. The maximum atomic E-state index is 13.6. The lowest BCUT2D eigenvalue weighted by Crippen LogP contribution is -2.70. The van der Waals surface area contributed by atoms with E-state index in [2.05, 4.69) is 5.32 Å². The van der Waals surface area contributed by atoms with Gasteiger partial charge in [-0.2, -0.15) is 4.31 Å². The van der Waals surface area contributed by atoms with Gasteiger partial charge in [0.15, 0.2) is 0 Å². The molecule has 1 aromatic rings. The van der Waals surface area contributed by atoms with Gasteiger partial charge in [-0.3, -0.25) is 14.5 Å². The average Bonchev–Trinajstić information content (AvgIpc) is 2.98. The summed E-state index contributed by atoms with van der Waals surface area (Å²) in [5, 5.41) is 3.60. The van der Waals surface area contributed by atoms with Gasteiger partial charge in [-0.05, 0) is 51.3 Å². The van der Waals surface area contributed by atoms with Crippen LogP contribution in [0.15, 0.2) is 18.2 Å². The molecule has 31 heavy (non-hydrogen) atoms. The van der Waals surface area contributed by atoms with Gasteiger partial charge in [0.25, 0.3) is 0 Å². The molecule has 2 fully saturated rings. The monoisotopic (exact) mass is 469 g/mol. The van der Waals surface area contributed by atoms with Gasteiger partial charge in [0.05, 0.1) is 12.3 Å². The molecule has 1 N–H and O–H groups in total. The lowest BCUT2D eigenvalue weighted by Gasteiger charge is -2.47. The summed E-state index contributed by atoms with van der Waals surface area (Å²) in [6.45, 7) is 4.64. The van der Waals surface area contributed by atoms with Crippen LogP contribution in [-0.4, -0.2) is 55.0 Å². The predicted molar refractivity (Wildman–Crippen MR) is 123 cm³/mol. The third kappa shape index (κ3) is 5.07. The van der Waals surface area contributed by atoms with Crippen molar-refractivity contribution in [3.8, 4) is 0 Å². The smallest absolute Gasteiger partial charge is 0.247 e. The number of carbonyl (C=O) groups excluding carboxylic acids is 2. The van der Waals surface area contributed by atoms with Gasteiger partial charge in [0, 0.05) is 23.3 Å². The van der Waals surface area contributed by atoms with E-state index in [-0.39, 0.29) is 30.8 Å². The summed E-state index contributed by atoms with van der Waals surface area (Å²) in [5.74, 6) is -0.904. The molecule has 2 amide bonds. The molecule has 0 radical (unpaired) electrons. The zero-order valence-corrected chi connectivity index (χ0v) is 20.1. The summed E-state index contributed by atoms with van der Waals surface area (Å²) in [4.78, 5) is 28.2. The summed E-state index contributed by atoms with van der Waals surface area (Å²) in [7, 11) is -3.64. The first-order chi connectivity index (χ1) is 14.6. The van der Waals surface area contributed by atoms with Crippen molar-refractivity contribution in [2.24, 2.45) is 0 Å². The number of anilines is 1. The number of hydrogen-bond donors (Lipinski definition) is 1. The molecule has 3 rings (SSSR count). The predicted octanol–water partition coefficient (Wildman–Crippen LogP) is 3.24. The Labute approximate surface area is 190 Å². The number of piperazine rings is 1. The summed E-state index contributed by atoms with van der Waals surface area (Å²) in [6, 6.07) is 5.24. The zero-order valence-electron chi connectivity index (χ0n) is 18.5. The standard InChI is InChI=1S/C22H32ClN3O4S/c1-4-31(29,30)25-14-20(27)26(18-12-11-16(2)19(23)13-18)22(3,15-25)21(28)24-17-9-7-5-6-8-10-17/h11-13,17H,4-10,14-15H2,1-3H3,(H,24,28)/t22-/m0/s1. The molecule has 1 heterocycles. The molecule has 1 aliphatic carbocycles. The summed E-state index contributed by atoms with van der Waals surface area (Å²) >= 11 is 6.31. The highest BCUT2D eigenvalue weighted by Crippen LogP contribution is 2.33. The lowest BCUT2D eigenvalue weighted by molar-refractivity contribution is -0.133. The largest absolute Gasteiger partial charge is 0.351 e. The van der Waals surface area contributed by atoms with E-state index in [9.17, 15) is 18.0 Å². The highest BCUT2D eigenvalue weighted by molar-refractivity contribution is 7.89. The second-order valence-corrected chi connectivity index (χ2v) is 11.4. The van der Waals surface area contributed by atoms with E-state index in [0.717, 1.165) is 48.4 Å². The molecule has 0 unspecified atom stereocenters. The van der Waals surface area contributed by atoms with E-state index in [1.807, 2.05) is 6.92 Å². The molecule has 0 aromatic heterocycles. The number of nitrogens with zero attached hydrogens (tertiary/aromatic N) is 2. The van der Waals surface area contributed by atoms with E-state index in [0.29, 0.717) is 10.7 Å². The van der Waals surface area contributed by atoms with E-state index >= 15 is 0 Å². The van der Waals surface area contributed by atoms with Crippen molar-refractivity contribution >= 4 is 39.1 Å². The topological polar surface area (TPSA) is 86.8 Å². The fraction of sp³-hybridized carbons (Fsp3) is 0.636. The van der Waals surface area contributed by atoms with Gasteiger partial charge in [-0.25, -0.2) is 8.42 Å². The van der Waals surface area contributed by atoms with Crippen molar-refractivity contribution < 1.29 is 18.0 Å². The minimum atomic E-state index is -3.64. The number of amides is 2. The van der Waals surface area contributed by atoms with Crippen molar-refractivity contribution in [3.63, 3.8) is 0 Å². The van der Waals surface area contributed by atoms with Crippen LogP contribution in [0.5, 0.6) is 0 Å². The van der Waals surface area contributed by atoms with Crippen molar-refractivity contribution in [3.05, 3.63) is 28.8 Å². The molecule has 172 valence electrons. The van der Waals surface area contributed by atoms with Crippen LogP contribution in [0.1, 0.15) is 57.9 Å². The highest BCUT2D eigenvalue weighted by atomic mass is 35.5. The second-order valence-electron chi connectivity index (χ2n) is 8.77. The number of benzene rings is 1. The Kier molecular flexibility index (Phi) is 7.33. The van der Waals surface area contributed by atoms with Crippen molar-refractivity contribution in [2.75, 3.05) is 23.7 Å². The third-order valence-electron chi connectivity index (χ3n) is 6.39. The van der Waals surface area contributed by atoms with E-state index in [4.69, 9.17) is 11.6 Å². The van der Waals surface area contributed by atoms with Crippen LogP contribution in [0.4, 0.5) is 5.69 Å². The minimum absolute atomic E-state index is 0.0311. The first-order valence-corrected chi connectivity index (χ1v) is 12.9. The maximum absolute atomic E-state index is 13.6. The number of sulfonamides is 1. The normalized spacial score (nSPS) is 24.1. The van der Waals surface area contributed by atoms with Crippen molar-refractivity contribution in [1.82, 2.24) is 9.62 Å². The quantitative estimate of drug-likeness (QED) is 0.670. The first kappa shape index (κ1) is 24.0. The Morgan fingerprint density at radius 1 is 1.23 bits per heavy atom. The molecule has 1 aromatic carbocycles. The Morgan fingerprint density at radius 2 is 1.87 bits per heavy atom. The molecule has 1 atom stereocenters. The molecule has 0 spiro atoms. The number of rotatable bonds is 5. The zero-order chi connectivity index (χ0) is 22.8. The first-order valence-electron chi connectivity index (χ1n) is 11.0. The lowest BCUT2D eigenvalue weighted by atomic mass is 9.93. The average molecular weight is 470 g/mol. The fourth-order valence-electron chi connectivity index (χ4n) is 4.43. The van der Waals surface area contributed by atoms with E-state index < -0.39 is 21.5 Å². The SMILES string of the molecule is CCS(=O)(=O)N1CC(=O)N(c2ccc(C)c(Cl)c2)[C@](C)(C(=O)NC2CCCCCC2)C1. The number of carbonyl (C=O) groups is 2. The van der Waals surface area contributed by atoms with E-state index in [1.54, 1.807) is 25.1 Å². The van der Waals surface area contributed by atoms with Gasteiger partial charge in [-0.1, -0.05) is 43.4 Å². The third-order valence-corrected chi connectivity index (χ3v) is 8.57. The van der Waals surface area contributed by atoms with Gasteiger partial charge >= 0.3 is 0 Å². The molecule has 1 saturated carbocycles. The van der Waals surface area contributed by atoms with Gasteiger partial charge in [0.2, 0.25) is 21.8 Å². The number of aryl methyl sites for hydroxylation is 1. The number of hydrogen-bond acceptors (Lipinski definition) is 4. The fourth-order valence-corrected chi connectivity index (χ4v) is 5.73. The maximum Gasteiger partial charge on any atom is 0.247 e. The molecule has 0 bridgehead atoms. The number of nitrogens with one attached hydrogen (secondary N) is 1. The highest BCUT2D eigenvalue weighted by Gasteiger charge is 2.51. The van der Waals surface area contributed by atoms with Crippen LogP contribution in [-0.2, 0) is 19.6 Å². The molecule has 1 saturated heterocycles. The molecule has 2 aliphatic rings. The summed E-state index contributed by atoms with van der Waals surface area (Å²) in [5.41, 5.74) is -0.0371. The Hall–Kier alpha value is -1.64.